The molecule has 1 aliphatic carbocycles. The molecule has 0 aromatic rings. The molecule has 22 heavy (non-hydrogen) atoms. The van der Waals surface area contributed by atoms with Gasteiger partial charge in [-0.15, -0.1) is 0 Å². The van der Waals surface area contributed by atoms with Gasteiger partial charge in [0.05, 0.1) is 12.1 Å². The summed E-state index contributed by atoms with van der Waals surface area (Å²) in [5.74, 6) is -0.362. The second-order valence-electron chi connectivity index (χ2n) is 5.82. The van der Waals surface area contributed by atoms with Gasteiger partial charge in [0, 0.05) is 18.6 Å². The van der Waals surface area contributed by atoms with E-state index in [0.29, 0.717) is 5.70 Å². The van der Waals surface area contributed by atoms with Gasteiger partial charge in [0.25, 0.3) is 5.91 Å². The number of hydrogen-bond donors (Lipinski definition) is 0. The van der Waals surface area contributed by atoms with E-state index in [1.807, 2.05) is 13.0 Å². The molecule has 0 aromatic carbocycles. The molecule has 0 radical (unpaired) electrons. The number of esters is 1. The Kier molecular flexibility index (Phi) is 3.91. The lowest BCUT2D eigenvalue weighted by Crippen LogP contribution is -2.55. The fourth-order valence-electron chi connectivity index (χ4n) is 3.93. The molecule has 118 valence electrons. The summed E-state index contributed by atoms with van der Waals surface area (Å²) in [5, 5.41) is 0. The minimum absolute atomic E-state index is 0.0169. The number of fused-ring (bicyclic) bond motifs is 3. The number of methoxy groups -OCH3 is 1. The first-order chi connectivity index (χ1) is 10.7. The van der Waals surface area contributed by atoms with Crippen LogP contribution in [0.2, 0.25) is 0 Å². The van der Waals surface area contributed by atoms with Gasteiger partial charge in [0.2, 0.25) is 0 Å². The smallest absolute Gasteiger partial charge is 0.355 e. The van der Waals surface area contributed by atoms with Crippen LogP contribution in [0.25, 0.3) is 0 Å². The van der Waals surface area contributed by atoms with Crippen LogP contribution in [0.1, 0.15) is 26.2 Å². The number of β-lactam (4-membered cyclic amide) rings is 1. The molecule has 1 amide bonds. The van der Waals surface area contributed by atoms with Crippen LogP contribution in [0.3, 0.4) is 0 Å². The Labute approximate surface area is 130 Å². The normalized spacial score (nSPS) is 31.7. The highest BCUT2D eigenvalue weighted by atomic mass is 16.5. The first-order valence-corrected chi connectivity index (χ1v) is 7.70. The highest BCUT2D eigenvalue weighted by Gasteiger charge is 2.58. The number of nitrogens with zero attached hydrogens (tertiary/aromatic N) is 1. The molecule has 2 heterocycles. The number of hydrogen-bond acceptors (Lipinski definition) is 4. The molecule has 0 N–H and O–H groups in total. The summed E-state index contributed by atoms with van der Waals surface area (Å²) >= 11 is 0. The van der Waals surface area contributed by atoms with Gasteiger partial charge in [-0.2, -0.15) is 0 Å². The topological polar surface area (TPSA) is 55.8 Å². The van der Waals surface area contributed by atoms with Crippen LogP contribution in [-0.2, 0) is 19.1 Å². The highest BCUT2D eigenvalue weighted by molar-refractivity contribution is 6.09. The maximum atomic E-state index is 12.5. The van der Waals surface area contributed by atoms with E-state index in [0.717, 1.165) is 30.4 Å². The quantitative estimate of drug-likeness (QED) is 0.345. The monoisotopic (exact) mass is 303 g/mol. The summed E-state index contributed by atoms with van der Waals surface area (Å²) < 4.78 is 10.8. The Bertz CT molecular complexity index is 589. The van der Waals surface area contributed by atoms with Crippen molar-refractivity contribution in [3.63, 3.8) is 0 Å². The minimum Gasteiger partial charge on any atom is -0.457 e. The van der Waals surface area contributed by atoms with E-state index in [1.165, 1.54) is 6.08 Å². The Morgan fingerprint density at radius 3 is 2.86 bits per heavy atom. The maximum absolute atomic E-state index is 12.5. The summed E-state index contributed by atoms with van der Waals surface area (Å²) in [4.78, 5) is 26.4. The first kappa shape index (κ1) is 15.0. The van der Waals surface area contributed by atoms with E-state index in [-0.39, 0.29) is 30.6 Å². The fourth-order valence-corrected chi connectivity index (χ4v) is 3.93. The van der Waals surface area contributed by atoms with Crippen LogP contribution in [0.15, 0.2) is 35.6 Å². The van der Waals surface area contributed by atoms with Crippen LogP contribution < -0.4 is 0 Å². The Hall–Kier alpha value is -1.88. The van der Waals surface area contributed by atoms with Crippen LogP contribution in [-0.4, -0.2) is 42.6 Å². The van der Waals surface area contributed by atoms with E-state index in [4.69, 9.17) is 9.47 Å². The molecule has 3 atom stereocenters. The molecule has 5 heteroatoms. The van der Waals surface area contributed by atoms with Crippen molar-refractivity contribution < 1.29 is 19.1 Å². The SMILES string of the molecule is C=CCOC(=O)C1=C2[C@@H](OC)CCC[C@@H]2[C@@H]2C(=CC)C(=O)N12. The van der Waals surface area contributed by atoms with Gasteiger partial charge >= 0.3 is 5.97 Å². The molecule has 3 rings (SSSR count). The maximum Gasteiger partial charge on any atom is 0.355 e. The van der Waals surface area contributed by atoms with Crippen molar-refractivity contribution in [1.82, 2.24) is 4.90 Å². The number of carbonyl (C=O) groups excluding carboxylic acids is 2. The van der Waals surface area contributed by atoms with E-state index < -0.39 is 5.97 Å². The molecule has 2 aliphatic heterocycles. The number of allylic oxidation sites excluding steroid dienone is 1. The second-order valence-corrected chi connectivity index (χ2v) is 5.82. The molecule has 0 unspecified atom stereocenters. The third kappa shape index (κ3) is 1.96. The number of rotatable bonds is 4. The molecule has 2 fully saturated rings. The van der Waals surface area contributed by atoms with Gasteiger partial charge in [0.1, 0.15) is 12.3 Å². The molecule has 0 bridgehead atoms. The van der Waals surface area contributed by atoms with Crippen molar-refractivity contribution >= 4 is 11.9 Å². The molecule has 1 saturated carbocycles. The van der Waals surface area contributed by atoms with Crippen LogP contribution in [0.4, 0.5) is 0 Å². The lowest BCUT2D eigenvalue weighted by atomic mass is 9.75. The number of ether oxygens (including phenoxy) is 2. The number of carbonyl (C=O) groups is 2. The van der Waals surface area contributed by atoms with Crippen molar-refractivity contribution in [2.45, 2.75) is 38.3 Å². The average molecular weight is 303 g/mol. The summed E-state index contributed by atoms with van der Waals surface area (Å²) in [6.07, 6.45) is 6.16. The van der Waals surface area contributed by atoms with Gasteiger partial charge in [-0.1, -0.05) is 18.7 Å². The van der Waals surface area contributed by atoms with Crippen LogP contribution >= 0.6 is 0 Å². The summed E-state index contributed by atoms with van der Waals surface area (Å²) in [5.41, 5.74) is 2.14. The molecule has 5 nitrogen and oxygen atoms in total. The van der Waals surface area contributed by atoms with E-state index in [1.54, 1.807) is 12.0 Å². The largest absolute Gasteiger partial charge is 0.457 e. The van der Waals surface area contributed by atoms with Gasteiger partial charge in [-0.05, 0) is 31.8 Å². The Balaban J connectivity index is 2.02. The van der Waals surface area contributed by atoms with Crippen molar-refractivity contribution in [3.8, 4) is 0 Å². The molecule has 0 spiro atoms. The second kappa shape index (κ2) is 5.72. The predicted octanol–water partition coefficient (Wildman–Crippen LogP) is 1.96. The molecule has 1 saturated heterocycles. The van der Waals surface area contributed by atoms with Gasteiger partial charge in [-0.25, -0.2) is 4.79 Å². The third-order valence-corrected chi connectivity index (χ3v) is 4.81. The minimum atomic E-state index is -0.449. The third-order valence-electron chi connectivity index (χ3n) is 4.81. The highest BCUT2D eigenvalue weighted by Crippen LogP contribution is 2.51. The van der Waals surface area contributed by atoms with Crippen LogP contribution in [0.5, 0.6) is 0 Å². The van der Waals surface area contributed by atoms with Gasteiger partial charge in [-0.3, -0.25) is 9.69 Å². The number of amides is 1. The molecule has 3 aliphatic rings. The lowest BCUT2D eigenvalue weighted by molar-refractivity contribution is -0.145. The Morgan fingerprint density at radius 2 is 2.23 bits per heavy atom. The van der Waals surface area contributed by atoms with E-state index in [2.05, 4.69) is 6.58 Å². The van der Waals surface area contributed by atoms with Gasteiger partial charge < -0.3 is 9.47 Å². The average Bonchev–Trinajstić information content (AvgIpc) is 2.84. The Morgan fingerprint density at radius 1 is 1.45 bits per heavy atom. The lowest BCUT2D eigenvalue weighted by Gasteiger charge is -2.42. The van der Waals surface area contributed by atoms with Crippen molar-refractivity contribution in [2.75, 3.05) is 13.7 Å². The fraction of sp³-hybridized carbons (Fsp3) is 0.529. The molecular formula is C17H21NO4. The predicted molar refractivity (Wildman–Crippen MR) is 80.7 cm³/mol. The summed E-state index contributed by atoms with van der Waals surface area (Å²) in [7, 11) is 1.65. The zero-order valence-corrected chi connectivity index (χ0v) is 13.0. The van der Waals surface area contributed by atoms with Gasteiger partial charge in [0.15, 0.2) is 0 Å². The van der Waals surface area contributed by atoms with Crippen molar-refractivity contribution in [2.24, 2.45) is 5.92 Å². The molecule has 0 aromatic heterocycles. The first-order valence-electron chi connectivity index (χ1n) is 7.70. The summed E-state index contributed by atoms with van der Waals surface area (Å²) in [6.45, 7) is 5.56. The van der Waals surface area contributed by atoms with E-state index >= 15 is 0 Å². The zero-order valence-electron chi connectivity index (χ0n) is 13.0. The molecular weight excluding hydrogens is 282 g/mol. The van der Waals surface area contributed by atoms with Crippen LogP contribution in [0, 0.1) is 5.92 Å². The van der Waals surface area contributed by atoms with Crippen molar-refractivity contribution in [3.05, 3.63) is 35.6 Å². The van der Waals surface area contributed by atoms with E-state index in [9.17, 15) is 9.59 Å². The zero-order chi connectivity index (χ0) is 15.9. The summed E-state index contributed by atoms with van der Waals surface area (Å²) in [6, 6.07) is -0.0169. The van der Waals surface area contributed by atoms with Crippen molar-refractivity contribution in [1.29, 1.82) is 0 Å². The standard InChI is InChI=1S/C17H21NO4/c1-4-9-22-17(20)15-13-11(7-6-8-12(13)21-3)14-10(5-2)16(19)18(14)15/h4-5,11-12,14H,1,6-9H2,2-3H3/t11-,12-,14-/m0/s1.